The van der Waals surface area contributed by atoms with Crippen LogP contribution >= 0.6 is 22.9 Å². The van der Waals surface area contributed by atoms with E-state index in [2.05, 4.69) is 13.8 Å². The van der Waals surface area contributed by atoms with E-state index in [0.29, 0.717) is 16.8 Å². The SMILES string of the molecule is CC(C)C(CN)C(O)c1ccc(Cl)s1. The highest BCUT2D eigenvalue weighted by atomic mass is 35.5. The van der Waals surface area contributed by atoms with E-state index in [1.54, 1.807) is 6.07 Å². The molecule has 0 aliphatic rings. The highest BCUT2D eigenvalue weighted by Gasteiger charge is 2.23. The summed E-state index contributed by atoms with van der Waals surface area (Å²) in [6, 6.07) is 3.67. The van der Waals surface area contributed by atoms with Crippen molar-refractivity contribution in [1.82, 2.24) is 0 Å². The maximum Gasteiger partial charge on any atom is 0.0932 e. The number of nitrogens with two attached hydrogens (primary N) is 1. The van der Waals surface area contributed by atoms with Crippen LogP contribution in [0.25, 0.3) is 0 Å². The van der Waals surface area contributed by atoms with Crippen molar-refractivity contribution in [1.29, 1.82) is 0 Å². The van der Waals surface area contributed by atoms with Crippen molar-refractivity contribution in [3.63, 3.8) is 0 Å². The molecule has 0 bridgehead atoms. The topological polar surface area (TPSA) is 46.2 Å². The van der Waals surface area contributed by atoms with E-state index in [1.165, 1.54) is 11.3 Å². The minimum atomic E-state index is -0.488. The molecule has 2 atom stereocenters. The van der Waals surface area contributed by atoms with Crippen LogP contribution in [0.3, 0.4) is 0 Å². The average molecular weight is 234 g/mol. The Balaban J connectivity index is 2.77. The lowest BCUT2D eigenvalue weighted by Crippen LogP contribution is -2.26. The first-order valence-electron chi connectivity index (χ1n) is 4.69. The van der Waals surface area contributed by atoms with Crippen LogP contribution in [0.15, 0.2) is 12.1 Å². The minimum absolute atomic E-state index is 0.102. The van der Waals surface area contributed by atoms with Gasteiger partial charge in [0.05, 0.1) is 10.4 Å². The molecule has 80 valence electrons. The smallest absolute Gasteiger partial charge is 0.0932 e. The van der Waals surface area contributed by atoms with Crippen molar-refractivity contribution in [2.24, 2.45) is 17.6 Å². The molecule has 0 aromatic carbocycles. The number of thiophene rings is 1. The van der Waals surface area contributed by atoms with Crippen LogP contribution in [0, 0.1) is 11.8 Å². The molecule has 0 radical (unpaired) electrons. The fraction of sp³-hybridized carbons (Fsp3) is 0.600. The molecule has 0 saturated carbocycles. The monoisotopic (exact) mass is 233 g/mol. The molecule has 0 saturated heterocycles. The Hall–Kier alpha value is -0.0900. The quantitative estimate of drug-likeness (QED) is 0.840. The summed E-state index contributed by atoms with van der Waals surface area (Å²) in [6.45, 7) is 4.63. The molecule has 0 aliphatic heterocycles. The predicted molar refractivity (Wildman–Crippen MR) is 61.7 cm³/mol. The summed E-state index contributed by atoms with van der Waals surface area (Å²) in [4.78, 5) is 0.902. The lowest BCUT2D eigenvalue weighted by Gasteiger charge is -2.23. The Labute approximate surface area is 93.7 Å². The normalized spacial score (nSPS) is 15.9. The second kappa shape index (κ2) is 5.12. The van der Waals surface area contributed by atoms with Gasteiger partial charge in [-0.3, -0.25) is 0 Å². The van der Waals surface area contributed by atoms with Crippen LogP contribution in [0.2, 0.25) is 4.34 Å². The molecule has 0 fully saturated rings. The van der Waals surface area contributed by atoms with Gasteiger partial charge in [-0.15, -0.1) is 11.3 Å². The van der Waals surface area contributed by atoms with Crippen LogP contribution in [0.4, 0.5) is 0 Å². The zero-order valence-electron chi connectivity index (χ0n) is 8.40. The van der Waals surface area contributed by atoms with E-state index < -0.39 is 6.10 Å². The largest absolute Gasteiger partial charge is 0.387 e. The number of hydrogen-bond acceptors (Lipinski definition) is 3. The number of hydrogen-bond donors (Lipinski definition) is 2. The van der Waals surface area contributed by atoms with Crippen LogP contribution in [-0.4, -0.2) is 11.7 Å². The Kier molecular flexibility index (Phi) is 4.38. The van der Waals surface area contributed by atoms with Crippen LogP contribution in [-0.2, 0) is 0 Å². The molecule has 4 heteroatoms. The van der Waals surface area contributed by atoms with Gasteiger partial charge in [-0.1, -0.05) is 25.4 Å². The van der Waals surface area contributed by atoms with Gasteiger partial charge in [-0.2, -0.15) is 0 Å². The third-order valence-electron chi connectivity index (χ3n) is 2.42. The van der Waals surface area contributed by atoms with Gasteiger partial charge in [0.1, 0.15) is 0 Å². The molecule has 2 unspecified atom stereocenters. The maximum atomic E-state index is 10.0. The second-order valence-electron chi connectivity index (χ2n) is 3.73. The summed E-state index contributed by atoms with van der Waals surface area (Å²) in [5.74, 6) is 0.473. The first-order valence-corrected chi connectivity index (χ1v) is 5.89. The van der Waals surface area contributed by atoms with Gasteiger partial charge in [0, 0.05) is 10.8 Å². The Morgan fingerprint density at radius 3 is 2.50 bits per heavy atom. The lowest BCUT2D eigenvalue weighted by atomic mass is 9.89. The van der Waals surface area contributed by atoms with Crippen LogP contribution < -0.4 is 5.73 Å². The lowest BCUT2D eigenvalue weighted by molar-refractivity contribution is 0.0892. The molecule has 1 aromatic heterocycles. The Bertz CT molecular complexity index is 287. The van der Waals surface area contributed by atoms with Crippen molar-refractivity contribution in [3.8, 4) is 0 Å². The van der Waals surface area contributed by atoms with Crippen LogP contribution in [0.5, 0.6) is 0 Å². The molecule has 0 spiro atoms. The molecule has 1 aromatic rings. The maximum absolute atomic E-state index is 10.0. The summed E-state index contributed by atoms with van der Waals surface area (Å²) in [7, 11) is 0. The zero-order valence-corrected chi connectivity index (χ0v) is 9.98. The predicted octanol–water partition coefficient (Wildman–Crippen LogP) is 2.67. The summed E-state index contributed by atoms with van der Waals surface area (Å²) < 4.78 is 0.707. The molecule has 3 N–H and O–H groups in total. The van der Waals surface area contributed by atoms with E-state index in [9.17, 15) is 5.11 Å². The minimum Gasteiger partial charge on any atom is -0.387 e. The molecule has 14 heavy (non-hydrogen) atoms. The summed E-state index contributed by atoms with van der Waals surface area (Å²) in [6.07, 6.45) is -0.488. The molecule has 0 amide bonds. The summed E-state index contributed by atoms with van der Waals surface area (Å²) >= 11 is 7.22. The molecule has 1 rings (SSSR count). The fourth-order valence-corrected chi connectivity index (χ4v) is 2.59. The standard InChI is InChI=1S/C10H16ClNOS/c1-6(2)7(5-12)10(13)8-3-4-9(11)14-8/h3-4,6-7,10,13H,5,12H2,1-2H3. The fourth-order valence-electron chi connectivity index (χ4n) is 1.46. The molecular weight excluding hydrogens is 218 g/mol. The Morgan fingerprint density at radius 1 is 1.50 bits per heavy atom. The first kappa shape index (κ1) is 12.0. The Morgan fingerprint density at radius 2 is 2.14 bits per heavy atom. The molecule has 0 aliphatic carbocycles. The van der Waals surface area contributed by atoms with E-state index in [1.807, 2.05) is 6.07 Å². The third-order valence-corrected chi connectivity index (χ3v) is 3.72. The van der Waals surface area contributed by atoms with Crippen molar-refractivity contribution in [2.75, 3.05) is 6.54 Å². The van der Waals surface area contributed by atoms with Crippen LogP contribution in [0.1, 0.15) is 24.8 Å². The van der Waals surface area contributed by atoms with Gasteiger partial charge in [0.15, 0.2) is 0 Å². The van der Waals surface area contributed by atoms with Gasteiger partial charge in [0.25, 0.3) is 0 Å². The van der Waals surface area contributed by atoms with Gasteiger partial charge >= 0.3 is 0 Å². The van der Waals surface area contributed by atoms with E-state index >= 15 is 0 Å². The number of aliphatic hydroxyl groups excluding tert-OH is 1. The molecular formula is C10H16ClNOS. The van der Waals surface area contributed by atoms with Crippen molar-refractivity contribution < 1.29 is 5.11 Å². The summed E-state index contributed by atoms with van der Waals surface area (Å²) in [5, 5.41) is 10.0. The number of rotatable bonds is 4. The van der Waals surface area contributed by atoms with E-state index in [4.69, 9.17) is 17.3 Å². The average Bonchev–Trinajstić information content (AvgIpc) is 2.52. The van der Waals surface area contributed by atoms with Gasteiger partial charge in [0.2, 0.25) is 0 Å². The van der Waals surface area contributed by atoms with Crippen molar-refractivity contribution >= 4 is 22.9 Å². The second-order valence-corrected chi connectivity index (χ2v) is 5.48. The van der Waals surface area contributed by atoms with E-state index in [-0.39, 0.29) is 5.92 Å². The van der Waals surface area contributed by atoms with Crippen molar-refractivity contribution in [2.45, 2.75) is 20.0 Å². The highest BCUT2D eigenvalue weighted by molar-refractivity contribution is 7.16. The molecule has 1 heterocycles. The number of halogens is 1. The highest BCUT2D eigenvalue weighted by Crippen LogP contribution is 2.33. The summed E-state index contributed by atoms with van der Waals surface area (Å²) in [5.41, 5.74) is 5.63. The van der Waals surface area contributed by atoms with Gasteiger partial charge in [-0.25, -0.2) is 0 Å². The van der Waals surface area contributed by atoms with Gasteiger partial charge in [-0.05, 0) is 24.6 Å². The number of aliphatic hydroxyl groups is 1. The molecule has 2 nitrogen and oxygen atoms in total. The first-order chi connectivity index (χ1) is 6.56. The zero-order chi connectivity index (χ0) is 10.7. The third kappa shape index (κ3) is 2.70. The van der Waals surface area contributed by atoms with Crippen molar-refractivity contribution in [3.05, 3.63) is 21.3 Å². The van der Waals surface area contributed by atoms with Gasteiger partial charge < -0.3 is 10.8 Å². The van der Waals surface area contributed by atoms with E-state index in [0.717, 1.165) is 4.88 Å².